The molecule has 4 heteroatoms. The molecule has 1 amide bonds. The van der Waals surface area contributed by atoms with Crippen molar-refractivity contribution in [2.45, 2.75) is 6.92 Å². The minimum Gasteiger partial charge on any atom is -0.451 e. The molecule has 0 aliphatic heterocycles. The number of hydrazone groups is 1. The van der Waals surface area contributed by atoms with Crippen LogP contribution in [-0.2, 0) is 0 Å². The Kier molecular flexibility index (Phi) is 3.51. The van der Waals surface area contributed by atoms with Gasteiger partial charge in [0, 0.05) is 5.39 Å². The van der Waals surface area contributed by atoms with Crippen LogP contribution in [0.4, 0.5) is 0 Å². The van der Waals surface area contributed by atoms with Crippen LogP contribution in [-0.4, -0.2) is 12.1 Å². The summed E-state index contributed by atoms with van der Waals surface area (Å²) in [6.45, 7) is 2.00. The zero-order chi connectivity index (χ0) is 14.7. The van der Waals surface area contributed by atoms with Gasteiger partial charge in [0.25, 0.3) is 0 Å². The molecule has 0 unspecified atom stereocenters. The first-order valence-corrected chi connectivity index (χ1v) is 6.61. The van der Waals surface area contributed by atoms with E-state index in [9.17, 15) is 4.79 Å². The first-order valence-electron chi connectivity index (χ1n) is 6.61. The number of fused-ring (bicyclic) bond motifs is 1. The van der Waals surface area contributed by atoms with E-state index in [1.807, 2.05) is 55.5 Å². The summed E-state index contributed by atoms with van der Waals surface area (Å²) in [5.41, 5.74) is 5.22. The van der Waals surface area contributed by atoms with Crippen LogP contribution in [0.5, 0.6) is 0 Å². The van der Waals surface area contributed by atoms with E-state index in [2.05, 4.69) is 10.5 Å². The Morgan fingerprint density at radius 2 is 2.00 bits per heavy atom. The Bertz CT molecular complexity index is 785. The van der Waals surface area contributed by atoms with Gasteiger partial charge < -0.3 is 4.42 Å². The minimum absolute atomic E-state index is 0.248. The lowest BCUT2D eigenvalue weighted by atomic mass is 10.2. The van der Waals surface area contributed by atoms with Gasteiger partial charge in [0.05, 0.1) is 6.21 Å². The number of para-hydroxylation sites is 1. The van der Waals surface area contributed by atoms with Crippen LogP contribution in [0.2, 0.25) is 0 Å². The van der Waals surface area contributed by atoms with Gasteiger partial charge in [-0.05, 0) is 24.6 Å². The second-order valence-electron chi connectivity index (χ2n) is 4.76. The van der Waals surface area contributed by atoms with Gasteiger partial charge in [0.2, 0.25) is 0 Å². The zero-order valence-electron chi connectivity index (χ0n) is 11.5. The van der Waals surface area contributed by atoms with Gasteiger partial charge in [0.15, 0.2) is 5.76 Å². The first kappa shape index (κ1) is 13.1. The van der Waals surface area contributed by atoms with Gasteiger partial charge in [-0.25, -0.2) is 5.43 Å². The highest BCUT2D eigenvalue weighted by Gasteiger charge is 2.10. The lowest BCUT2D eigenvalue weighted by Crippen LogP contribution is -2.16. The van der Waals surface area contributed by atoms with Crippen molar-refractivity contribution >= 4 is 23.1 Å². The van der Waals surface area contributed by atoms with E-state index >= 15 is 0 Å². The number of nitrogens with zero attached hydrogens (tertiary/aromatic N) is 1. The third kappa shape index (κ3) is 3.00. The van der Waals surface area contributed by atoms with E-state index in [0.717, 1.165) is 16.5 Å². The van der Waals surface area contributed by atoms with Gasteiger partial charge in [-0.2, -0.15) is 5.10 Å². The molecule has 21 heavy (non-hydrogen) atoms. The van der Waals surface area contributed by atoms with Gasteiger partial charge in [-0.1, -0.05) is 48.0 Å². The second-order valence-corrected chi connectivity index (χ2v) is 4.76. The van der Waals surface area contributed by atoms with Crippen molar-refractivity contribution in [3.05, 3.63) is 71.5 Å². The van der Waals surface area contributed by atoms with E-state index in [4.69, 9.17) is 4.42 Å². The van der Waals surface area contributed by atoms with Gasteiger partial charge in [0.1, 0.15) is 5.58 Å². The molecule has 104 valence electrons. The van der Waals surface area contributed by atoms with Gasteiger partial charge in [-0.3, -0.25) is 4.79 Å². The van der Waals surface area contributed by atoms with Crippen molar-refractivity contribution in [2.75, 3.05) is 0 Å². The molecular formula is C17H14N2O2. The highest BCUT2D eigenvalue weighted by atomic mass is 16.3. The Balaban J connectivity index is 1.71. The quantitative estimate of drug-likeness (QED) is 0.589. The molecule has 0 bridgehead atoms. The summed E-state index contributed by atoms with van der Waals surface area (Å²) >= 11 is 0. The van der Waals surface area contributed by atoms with Gasteiger partial charge >= 0.3 is 5.91 Å². The topological polar surface area (TPSA) is 54.6 Å². The van der Waals surface area contributed by atoms with Crippen LogP contribution in [0.15, 0.2) is 64.1 Å². The molecule has 0 radical (unpaired) electrons. The average Bonchev–Trinajstić information content (AvgIpc) is 2.91. The molecule has 0 spiro atoms. The van der Waals surface area contributed by atoms with Crippen LogP contribution in [0.25, 0.3) is 11.0 Å². The highest BCUT2D eigenvalue weighted by Crippen LogP contribution is 2.18. The number of benzene rings is 2. The number of hydrogen-bond donors (Lipinski definition) is 1. The second kappa shape index (κ2) is 5.63. The summed E-state index contributed by atoms with van der Waals surface area (Å²) < 4.78 is 5.47. The van der Waals surface area contributed by atoms with E-state index in [-0.39, 0.29) is 11.7 Å². The normalized spacial score (nSPS) is 11.1. The number of furan rings is 1. The maximum absolute atomic E-state index is 12.0. The van der Waals surface area contributed by atoms with E-state index < -0.39 is 0 Å². The van der Waals surface area contributed by atoms with Crippen LogP contribution in [0, 0.1) is 6.92 Å². The molecule has 0 aliphatic rings. The van der Waals surface area contributed by atoms with E-state index in [1.54, 1.807) is 12.3 Å². The predicted molar refractivity (Wildman–Crippen MR) is 82.5 cm³/mol. The number of amides is 1. The average molecular weight is 278 g/mol. The number of carbonyl (C=O) groups excluding carboxylic acids is 1. The molecule has 1 heterocycles. The lowest BCUT2D eigenvalue weighted by molar-refractivity contribution is 0.0929. The molecule has 0 aliphatic carbocycles. The summed E-state index contributed by atoms with van der Waals surface area (Å²) in [5, 5.41) is 4.84. The molecule has 1 N–H and O–H groups in total. The number of carbonyl (C=O) groups is 1. The van der Waals surface area contributed by atoms with Gasteiger partial charge in [-0.15, -0.1) is 0 Å². The van der Waals surface area contributed by atoms with Crippen LogP contribution in [0.3, 0.4) is 0 Å². The summed E-state index contributed by atoms with van der Waals surface area (Å²) in [5.74, 6) is -0.118. The summed E-state index contributed by atoms with van der Waals surface area (Å²) in [6.07, 6.45) is 1.60. The molecule has 1 aromatic heterocycles. The lowest BCUT2D eigenvalue weighted by Gasteiger charge is -1.96. The van der Waals surface area contributed by atoms with Crippen LogP contribution >= 0.6 is 0 Å². The van der Waals surface area contributed by atoms with E-state index in [1.165, 1.54) is 0 Å². The Morgan fingerprint density at radius 3 is 2.81 bits per heavy atom. The molecule has 0 atom stereocenters. The molecule has 3 aromatic rings. The third-order valence-corrected chi connectivity index (χ3v) is 3.07. The largest absolute Gasteiger partial charge is 0.451 e. The smallest absolute Gasteiger partial charge is 0.307 e. The van der Waals surface area contributed by atoms with Crippen molar-refractivity contribution in [1.29, 1.82) is 0 Å². The molecule has 3 rings (SSSR count). The fourth-order valence-electron chi connectivity index (χ4n) is 2.06. The number of hydrogen-bond acceptors (Lipinski definition) is 3. The van der Waals surface area contributed by atoms with E-state index in [0.29, 0.717) is 5.58 Å². The Hall–Kier alpha value is -2.88. The molecular weight excluding hydrogens is 264 g/mol. The van der Waals surface area contributed by atoms with Crippen molar-refractivity contribution in [1.82, 2.24) is 5.43 Å². The molecule has 0 fully saturated rings. The number of aryl methyl sites for hydroxylation is 1. The maximum Gasteiger partial charge on any atom is 0.307 e. The fourth-order valence-corrected chi connectivity index (χ4v) is 2.06. The third-order valence-electron chi connectivity index (χ3n) is 3.07. The zero-order valence-corrected chi connectivity index (χ0v) is 11.5. The van der Waals surface area contributed by atoms with Crippen molar-refractivity contribution < 1.29 is 9.21 Å². The summed E-state index contributed by atoms with van der Waals surface area (Å²) in [4.78, 5) is 12.0. The predicted octanol–water partition coefficient (Wildman–Crippen LogP) is 3.51. The molecule has 2 aromatic carbocycles. The number of rotatable bonds is 3. The van der Waals surface area contributed by atoms with Crippen LogP contribution in [0.1, 0.15) is 21.7 Å². The highest BCUT2D eigenvalue weighted by molar-refractivity contribution is 5.96. The standard InChI is InChI=1S/C17H14N2O2/c1-12-5-4-6-13(9-12)11-18-19-17(20)16-10-14-7-2-3-8-15(14)21-16/h2-11H,1H3,(H,19,20)/b18-11+. The first-order chi connectivity index (χ1) is 10.2. The minimum atomic E-state index is -0.366. The summed E-state index contributed by atoms with van der Waals surface area (Å²) in [6, 6.07) is 17.0. The molecule has 4 nitrogen and oxygen atoms in total. The summed E-state index contributed by atoms with van der Waals surface area (Å²) in [7, 11) is 0. The number of nitrogens with one attached hydrogen (secondary N) is 1. The van der Waals surface area contributed by atoms with Crippen molar-refractivity contribution in [2.24, 2.45) is 5.10 Å². The maximum atomic E-state index is 12.0. The SMILES string of the molecule is Cc1cccc(/C=N/NC(=O)c2cc3ccccc3o2)c1. The van der Waals surface area contributed by atoms with Crippen LogP contribution < -0.4 is 5.43 Å². The fraction of sp³-hybridized carbons (Fsp3) is 0.0588. The van der Waals surface area contributed by atoms with Crippen molar-refractivity contribution in [3.63, 3.8) is 0 Å². The Morgan fingerprint density at radius 1 is 1.14 bits per heavy atom. The molecule has 0 saturated carbocycles. The molecule has 0 saturated heterocycles. The van der Waals surface area contributed by atoms with Crippen molar-refractivity contribution in [3.8, 4) is 0 Å². The monoisotopic (exact) mass is 278 g/mol. The Labute approximate surface area is 122 Å².